The number of aliphatic hydroxyl groups excluding tert-OH is 1. The fourth-order valence-electron chi connectivity index (χ4n) is 3.29. The van der Waals surface area contributed by atoms with E-state index in [2.05, 4.69) is 20.5 Å². The van der Waals surface area contributed by atoms with E-state index in [-0.39, 0.29) is 5.92 Å². The van der Waals surface area contributed by atoms with Gasteiger partial charge in [-0.1, -0.05) is 6.92 Å². The van der Waals surface area contributed by atoms with Crippen LogP contribution in [0.15, 0.2) is 30.7 Å². The van der Waals surface area contributed by atoms with Crippen LogP contribution in [0.3, 0.4) is 0 Å². The molecule has 4 unspecified atom stereocenters. The van der Waals surface area contributed by atoms with Gasteiger partial charge >= 0.3 is 5.97 Å². The van der Waals surface area contributed by atoms with E-state index in [1.54, 1.807) is 6.20 Å². The van der Waals surface area contributed by atoms with Crippen molar-refractivity contribution in [2.45, 2.75) is 37.8 Å². The molecule has 25 heavy (non-hydrogen) atoms. The van der Waals surface area contributed by atoms with E-state index in [9.17, 15) is 19.8 Å². The van der Waals surface area contributed by atoms with Gasteiger partial charge in [0, 0.05) is 12.4 Å². The summed E-state index contributed by atoms with van der Waals surface area (Å²) in [6.07, 6.45) is 4.67. The fourth-order valence-corrected chi connectivity index (χ4v) is 3.29. The van der Waals surface area contributed by atoms with E-state index in [0.29, 0.717) is 12.0 Å². The van der Waals surface area contributed by atoms with Crippen molar-refractivity contribution in [1.82, 2.24) is 20.5 Å². The van der Waals surface area contributed by atoms with Gasteiger partial charge in [-0.15, -0.1) is 0 Å². The van der Waals surface area contributed by atoms with Crippen LogP contribution in [0.1, 0.15) is 42.2 Å². The fraction of sp³-hybridized carbons (Fsp3) is 0.412. The number of nitrogens with one attached hydrogen (secondary N) is 2. The van der Waals surface area contributed by atoms with Gasteiger partial charge in [0.1, 0.15) is 6.10 Å². The van der Waals surface area contributed by atoms with Crippen molar-refractivity contribution in [3.05, 3.63) is 47.5 Å². The summed E-state index contributed by atoms with van der Waals surface area (Å²) in [7, 11) is 0. The van der Waals surface area contributed by atoms with Gasteiger partial charge in [-0.25, -0.2) is 4.79 Å². The van der Waals surface area contributed by atoms with E-state index in [1.807, 2.05) is 6.92 Å². The zero-order valence-corrected chi connectivity index (χ0v) is 13.7. The minimum absolute atomic E-state index is 0.286. The predicted octanol–water partition coefficient (Wildman–Crippen LogP) is 0.774. The molecule has 1 amide bonds. The quantitative estimate of drug-likeness (QED) is 0.634. The zero-order valence-electron chi connectivity index (χ0n) is 13.7. The second-order valence-corrected chi connectivity index (χ2v) is 6.46. The largest absolute Gasteiger partial charge is 0.480 e. The van der Waals surface area contributed by atoms with Crippen molar-refractivity contribution in [2.24, 2.45) is 5.92 Å². The number of aliphatic hydroxyl groups is 1. The molecule has 1 aliphatic carbocycles. The Balaban J connectivity index is 1.79. The number of aromatic amines is 1. The summed E-state index contributed by atoms with van der Waals surface area (Å²) in [6, 6.07) is 1.59. The van der Waals surface area contributed by atoms with Gasteiger partial charge in [-0.2, -0.15) is 5.10 Å². The molecular weight excluding hydrogens is 324 g/mol. The predicted molar refractivity (Wildman–Crippen MR) is 87.6 cm³/mol. The molecule has 4 atom stereocenters. The molecule has 0 radical (unpaired) electrons. The van der Waals surface area contributed by atoms with E-state index in [4.69, 9.17) is 0 Å². The van der Waals surface area contributed by atoms with E-state index >= 15 is 0 Å². The van der Waals surface area contributed by atoms with Crippen LogP contribution in [0.5, 0.6) is 0 Å². The molecule has 0 saturated carbocycles. The highest BCUT2D eigenvalue weighted by Crippen LogP contribution is 2.33. The topological polar surface area (TPSA) is 128 Å². The van der Waals surface area contributed by atoms with Crippen LogP contribution in [0.2, 0.25) is 0 Å². The molecule has 2 aromatic heterocycles. The van der Waals surface area contributed by atoms with Crippen molar-refractivity contribution >= 4 is 11.9 Å². The minimum atomic E-state index is -1.45. The Hall–Kier alpha value is -2.74. The molecule has 1 aliphatic rings. The van der Waals surface area contributed by atoms with E-state index < -0.39 is 29.9 Å². The molecular formula is C17H20N4O4. The first kappa shape index (κ1) is 17.1. The number of H-pyrrole nitrogens is 1. The maximum absolute atomic E-state index is 12.7. The van der Waals surface area contributed by atoms with Crippen LogP contribution in [0, 0.1) is 5.92 Å². The Bertz CT molecular complexity index is 761. The van der Waals surface area contributed by atoms with Crippen LogP contribution in [-0.4, -0.2) is 43.3 Å². The third kappa shape index (κ3) is 3.53. The number of carbonyl (C=O) groups is 2. The van der Waals surface area contributed by atoms with E-state index in [1.165, 1.54) is 24.5 Å². The maximum Gasteiger partial charge on any atom is 0.329 e. The first-order chi connectivity index (χ1) is 12.0. The van der Waals surface area contributed by atoms with Crippen LogP contribution in [-0.2, 0) is 16.0 Å². The highest BCUT2D eigenvalue weighted by molar-refractivity contribution is 5.88. The number of carboxylic acids is 1. The van der Waals surface area contributed by atoms with Gasteiger partial charge in [0.25, 0.3) is 0 Å². The molecule has 8 heteroatoms. The van der Waals surface area contributed by atoms with Gasteiger partial charge in [-0.05, 0) is 42.0 Å². The summed E-state index contributed by atoms with van der Waals surface area (Å²) in [6.45, 7) is 2.04. The van der Waals surface area contributed by atoms with Crippen molar-refractivity contribution in [3.63, 3.8) is 0 Å². The molecule has 0 fully saturated rings. The first-order valence-corrected chi connectivity index (χ1v) is 8.10. The normalized spacial score (nSPS) is 21.8. The Morgan fingerprint density at radius 1 is 1.36 bits per heavy atom. The molecule has 0 aromatic carbocycles. The number of carboxylic acid groups (broad SMARTS) is 1. The molecule has 4 N–H and O–H groups in total. The highest BCUT2D eigenvalue weighted by atomic mass is 16.4. The number of amides is 1. The molecule has 8 nitrogen and oxygen atoms in total. The number of carbonyl (C=O) groups excluding carboxylic acids is 1. The van der Waals surface area contributed by atoms with Crippen molar-refractivity contribution < 1.29 is 19.8 Å². The van der Waals surface area contributed by atoms with Crippen molar-refractivity contribution in [2.75, 3.05) is 0 Å². The standard InChI is InChI=1S/C17H20N4O4/c1-9-6-11-8-19-21-13(11)12(7-9)16(23)20-14(17(24)25)15(22)10-2-4-18-5-3-10/h2-5,8-9,12,14-15,22H,6-7H2,1H3,(H,19,21)(H,20,23)(H,24,25). The lowest BCUT2D eigenvalue weighted by molar-refractivity contribution is -0.145. The zero-order chi connectivity index (χ0) is 18.0. The Kier molecular flexibility index (Phi) is 4.80. The van der Waals surface area contributed by atoms with Gasteiger partial charge in [-0.3, -0.25) is 14.9 Å². The number of nitrogens with zero attached hydrogens (tertiary/aromatic N) is 2. The van der Waals surface area contributed by atoms with Gasteiger partial charge in [0.2, 0.25) is 5.91 Å². The van der Waals surface area contributed by atoms with E-state index in [0.717, 1.165) is 17.7 Å². The number of hydrogen-bond donors (Lipinski definition) is 4. The second kappa shape index (κ2) is 7.02. The number of aliphatic carboxylic acids is 1. The first-order valence-electron chi connectivity index (χ1n) is 8.10. The SMILES string of the molecule is CC1Cc2cn[nH]c2C(C(=O)NC(C(=O)O)C(O)c2ccncc2)C1. The van der Waals surface area contributed by atoms with Crippen LogP contribution >= 0.6 is 0 Å². The van der Waals surface area contributed by atoms with Crippen molar-refractivity contribution in [3.8, 4) is 0 Å². The number of fused-ring (bicyclic) bond motifs is 1. The summed E-state index contributed by atoms with van der Waals surface area (Å²) in [5, 5.41) is 29.1. The monoisotopic (exact) mass is 344 g/mol. The number of hydrogen-bond acceptors (Lipinski definition) is 5. The van der Waals surface area contributed by atoms with Gasteiger partial charge in [0.15, 0.2) is 6.04 Å². The average molecular weight is 344 g/mol. The van der Waals surface area contributed by atoms with Gasteiger partial charge < -0.3 is 15.5 Å². The molecule has 0 saturated heterocycles. The smallest absolute Gasteiger partial charge is 0.329 e. The van der Waals surface area contributed by atoms with Crippen LogP contribution in [0.25, 0.3) is 0 Å². The lowest BCUT2D eigenvalue weighted by atomic mass is 9.81. The summed E-state index contributed by atoms with van der Waals surface area (Å²) in [5.41, 5.74) is 2.07. The third-order valence-corrected chi connectivity index (χ3v) is 4.55. The molecule has 2 aromatic rings. The summed E-state index contributed by atoms with van der Waals surface area (Å²) in [5.74, 6) is -1.95. The molecule has 3 rings (SSSR count). The maximum atomic E-state index is 12.7. The van der Waals surface area contributed by atoms with Crippen LogP contribution in [0.4, 0.5) is 0 Å². The molecule has 2 heterocycles. The average Bonchev–Trinajstić information content (AvgIpc) is 3.06. The third-order valence-electron chi connectivity index (χ3n) is 4.55. The molecule has 132 valence electrons. The lowest BCUT2D eigenvalue weighted by Crippen LogP contribution is -2.47. The summed E-state index contributed by atoms with van der Waals surface area (Å²) < 4.78 is 0. The number of pyridine rings is 1. The summed E-state index contributed by atoms with van der Waals surface area (Å²) in [4.78, 5) is 28.1. The lowest BCUT2D eigenvalue weighted by Gasteiger charge is -2.28. The highest BCUT2D eigenvalue weighted by Gasteiger charge is 2.36. The van der Waals surface area contributed by atoms with Crippen molar-refractivity contribution in [1.29, 1.82) is 0 Å². The van der Waals surface area contributed by atoms with Crippen LogP contribution < -0.4 is 5.32 Å². The number of rotatable bonds is 5. The Morgan fingerprint density at radius 3 is 2.76 bits per heavy atom. The number of aromatic nitrogens is 3. The Labute approximate surface area is 144 Å². The Morgan fingerprint density at radius 2 is 2.08 bits per heavy atom. The minimum Gasteiger partial charge on any atom is -0.480 e. The van der Waals surface area contributed by atoms with Gasteiger partial charge in [0.05, 0.1) is 17.8 Å². The summed E-state index contributed by atoms with van der Waals surface area (Å²) >= 11 is 0. The molecule has 0 spiro atoms. The molecule has 0 aliphatic heterocycles. The second-order valence-electron chi connectivity index (χ2n) is 6.46. The molecule has 0 bridgehead atoms.